The van der Waals surface area contributed by atoms with E-state index in [-0.39, 0.29) is 28.0 Å². The van der Waals surface area contributed by atoms with Crippen molar-refractivity contribution in [2.45, 2.75) is 18.6 Å². The molecule has 0 radical (unpaired) electrons. The largest absolute Gasteiger partial charge is 0.398 e. The molecule has 1 aliphatic heterocycles. The Hall–Kier alpha value is -2.42. The summed E-state index contributed by atoms with van der Waals surface area (Å²) >= 11 is 5.79. The number of nitrogens with one attached hydrogen (secondary N) is 1. The highest BCUT2D eigenvalue weighted by molar-refractivity contribution is 6.31. The van der Waals surface area contributed by atoms with Crippen LogP contribution in [0.4, 0.5) is 10.1 Å². The van der Waals surface area contributed by atoms with Crippen LogP contribution in [0.3, 0.4) is 0 Å². The predicted molar refractivity (Wildman–Crippen MR) is 108 cm³/mol. The van der Waals surface area contributed by atoms with Gasteiger partial charge in [0, 0.05) is 25.1 Å². The lowest BCUT2D eigenvalue weighted by atomic mass is 9.69. The lowest BCUT2D eigenvalue weighted by Crippen LogP contribution is -2.52. The second kappa shape index (κ2) is 7.44. The zero-order valence-electron chi connectivity index (χ0n) is 15.9. The van der Waals surface area contributed by atoms with Crippen molar-refractivity contribution < 1.29 is 18.7 Å². The van der Waals surface area contributed by atoms with Crippen LogP contribution in [0.1, 0.15) is 12.8 Å². The monoisotopic (exact) mass is 420 g/mol. The molecular formula is C20H22ClFN4O3. The average Bonchev–Trinajstić information content (AvgIpc) is 3.30. The molecule has 5 N–H and O–H groups in total. The Labute approximate surface area is 172 Å². The number of allylic oxidation sites excluding steroid dienone is 2. The maximum atomic E-state index is 13.4. The molecule has 7 nitrogen and oxygen atoms in total. The molecule has 2 atom stereocenters. The molecule has 1 spiro atoms. The highest BCUT2D eigenvalue weighted by Gasteiger charge is 2.59. The van der Waals surface area contributed by atoms with Gasteiger partial charge < -0.3 is 26.3 Å². The van der Waals surface area contributed by atoms with Crippen LogP contribution in [0.15, 0.2) is 46.1 Å². The first-order valence-electron chi connectivity index (χ1n) is 9.32. The number of nitrogens with two attached hydrogens (primary N) is 2. The predicted octanol–water partition coefficient (Wildman–Crippen LogP) is 2.33. The number of amides is 1. The minimum Gasteiger partial charge on any atom is -0.398 e. The maximum absolute atomic E-state index is 13.4. The number of aliphatic imine (C=N–C) groups is 1. The van der Waals surface area contributed by atoms with Crippen LogP contribution < -0.4 is 16.8 Å². The van der Waals surface area contributed by atoms with Gasteiger partial charge in [-0.05, 0) is 36.1 Å². The fourth-order valence-electron chi connectivity index (χ4n) is 4.25. The highest BCUT2D eigenvalue weighted by atomic mass is 35.5. The van der Waals surface area contributed by atoms with E-state index in [4.69, 9.17) is 32.5 Å². The third-order valence-corrected chi connectivity index (χ3v) is 6.04. The molecule has 9 heteroatoms. The Morgan fingerprint density at radius 2 is 2.07 bits per heavy atom. The van der Waals surface area contributed by atoms with E-state index in [1.807, 2.05) is 0 Å². The zero-order chi connectivity index (χ0) is 20.8. The first kappa shape index (κ1) is 19.9. The third kappa shape index (κ3) is 3.41. The van der Waals surface area contributed by atoms with Crippen molar-refractivity contribution >= 4 is 29.0 Å². The Morgan fingerprint density at radius 3 is 2.72 bits per heavy atom. The van der Waals surface area contributed by atoms with E-state index in [1.165, 1.54) is 25.2 Å². The maximum Gasteiger partial charge on any atom is 0.261 e. The Balaban J connectivity index is 1.59. The number of fused-ring (bicyclic) bond motifs is 2. The van der Waals surface area contributed by atoms with Crippen molar-refractivity contribution in [3.63, 3.8) is 0 Å². The zero-order valence-corrected chi connectivity index (χ0v) is 16.6. The summed E-state index contributed by atoms with van der Waals surface area (Å²) in [7, 11) is 1.48. The summed E-state index contributed by atoms with van der Waals surface area (Å²) in [6, 6.07) is 3.88. The first-order valence-corrected chi connectivity index (χ1v) is 9.70. The number of carbonyl (C=O) groups excluding carboxylic acids is 1. The lowest BCUT2D eigenvalue weighted by Gasteiger charge is -2.47. The molecule has 1 saturated heterocycles. The van der Waals surface area contributed by atoms with Gasteiger partial charge in [0.05, 0.1) is 23.9 Å². The van der Waals surface area contributed by atoms with Crippen LogP contribution in [-0.2, 0) is 14.3 Å². The standard InChI is InChI=1S/C20H22ClFN4O3/c1-25-18(24)16(19(27)26-12-2-3-15(22)14(21)8-12)17(23)10-6-11-9-20(13(11)7-10)28-4-5-29-20/h2-3,6,8,11,13H,4-5,7,9,23H2,1H3,(H2,24,25)(H,26,27). The van der Waals surface area contributed by atoms with Crippen molar-refractivity contribution in [2.75, 3.05) is 25.6 Å². The SMILES string of the molecule is CN=C(N)C(C(=O)Nc1ccc(F)c(Cl)c1)=C(N)C1=CC2CC3(OCCO3)C2C1. The Bertz CT molecular complexity index is 953. The number of hydrogen-bond acceptors (Lipinski definition) is 5. The molecule has 1 saturated carbocycles. The number of ether oxygens (including phenoxy) is 2. The van der Waals surface area contributed by atoms with Gasteiger partial charge in [-0.25, -0.2) is 4.39 Å². The van der Waals surface area contributed by atoms with Crippen LogP contribution in [0.25, 0.3) is 0 Å². The van der Waals surface area contributed by atoms with E-state index in [9.17, 15) is 9.18 Å². The fraction of sp³-hybridized carbons (Fsp3) is 0.400. The van der Waals surface area contributed by atoms with Gasteiger partial charge in [0.1, 0.15) is 17.2 Å². The minimum atomic E-state index is -0.577. The number of nitrogens with zero attached hydrogens (tertiary/aromatic N) is 1. The molecule has 2 unspecified atom stereocenters. The molecule has 2 fully saturated rings. The van der Waals surface area contributed by atoms with Gasteiger partial charge in [-0.3, -0.25) is 9.79 Å². The molecule has 29 heavy (non-hydrogen) atoms. The second-order valence-electron chi connectivity index (χ2n) is 7.36. The average molecular weight is 421 g/mol. The van der Waals surface area contributed by atoms with Gasteiger partial charge in [0.25, 0.3) is 5.91 Å². The van der Waals surface area contributed by atoms with Crippen molar-refractivity contribution in [3.05, 3.63) is 52.0 Å². The molecule has 1 amide bonds. The van der Waals surface area contributed by atoms with Crippen molar-refractivity contribution in [1.29, 1.82) is 0 Å². The topological polar surface area (TPSA) is 112 Å². The Kier molecular flexibility index (Phi) is 5.10. The summed E-state index contributed by atoms with van der Waals surface area (Å²) in [6.07, 6.45) is 3.47. The molecule has 1 aromatic rings. The summed E-state index contributed by atoms with van der Waals surface area (Å²) in [4.78, 5) is 16.8. The van der Waals surface area contributed by atoms with Gasteiger partial charge in [-0.15, -0.1) is 0 Å². The van der Waals surface area contributed by atoms with E-state index in [0.29, 0.717) is 31.2 Å². The van der Waals surface area contributed by atoms with Crippen molar-refractivity contribution in [3.8, 4) is 0 Å². The van der Waals surface area contributed by atoms with Gasteiger partial charge >= 0.3 is 0 Å². The van der Waals surface area contributed by atoms with Crippen LogP contribution in [-0.4, -0.2) is 37.8 Å². The third-order valence-electron chi connectivity index (χ3n) is 5.75. The highest BCUT2D eigenvalue weighted by Crippen LogP contribution is 2.57. The number of hydrogen-bond donors (Lipinski definition) is 3. The summed E-state index contributed by atoms with van der Waals surface area (Å²) in [5.74, 6) is -1.17. The number of benzene rings is 1. The summed E-state index contributed by atoms with van der Waals surface area (Å²) in [6.45, 7) is 1.18. The van der Waals surface area contributed by atoms with Crippen molar-refractivity contribution in [2.24, 2.45) is 28.3 Å². The Morgan fingerprint density at radius 1 is 1.34 bits per heavy atom. The summed E-state index contributed by atoms with van der Waals surface area (Å²) in [5, 5.41) is 2.55. The van der Waals surface area contributed by atoms with E-state index >= 15 is 0 Å². The minimum absolute atomic E-state index is 0.0106. The summed E-state index contributed by atoms with van der Waals surface area (Å²) in [5.41, 5.74) is 13.8. The van der Waals surface area contributed by atoms with Crippen LogP contribution >= 0.6 is 11.6 Å². The first-order chi connectivity index (χ1) is 13.8. The van der Waals surface area contributed by atoms with Crippen molar-refractivity contribution in [1.82, 2.24) is 0 Å². The van der Waals surface area contributed by atoms with Crippen LogP contribution in [0, 0.1) is 17.7 Å². The van der Waals surface area contributed by atoms with Crippen LogP contribution in [0.5, 0.6) is 0 Å². The molecule has 4 rings (SSSR count). The quantitative estimate of drug-likeness (QED) is 0.393. The van der Waals surface area contributed by atoms with E-state index in [2.05, 4.69) is 16.4 Å². The number of amidine groups is 1. The number of anilines is 1. The molecule has 2 aliphatic carbocycles. The van der Waals surface area contributed by atoms with Gasteiger partial charge in [0.2, 0.25) is 0 Å². The number of carbonyl (C=O) groups is 1. The molecular weight excluding hydrogens is 399 g/mol. The fourth-order valence-corrected chi connectivity index (χ4v) is 4.43. The summed E-state index contributed by atoms with van der Waals surface area (Å²) < 4.78 is 25.0. The van der Waals surface area contributed by atoms with E-state index in [0.717, 1.165) is 12.0 Å². The molecule has 154 valence electrons. The van der Waals surface area contributed by atoms with Gasteiger partial charge in [-0.1, -0.05) is 17.7 Å². The smallest absolute Gasteiger partial charge is 0.261 e. The molecule has 3 aliphatic rings. The van der Waals surface area contributed by atoms with Gasteiger partial charge in [-0.2, -0.15) is 0 Å². The van der Waals surface area contributed by atoms with Gasteiger partial charge in [0.15, 0.2) is 5.79 Å². The number of rotatable bonds is 4. The number of halogens is 2. The van der Waals surface area contributed by atoms with E-state index < -0.39 is 17.5 Å². The molecule has 0 bridgehead atoms. The van der Waals surface area contributed by atoms with E-state index in [1.54, 1.807) is 0 Å². The molecule has 1 heterocycles. The second-order valence-corrected chi connectivity index (χ2v) is 7.77. The normalized spacial score (nSPS) is 25.9. The molecule has 1 aromatic carbocycles. The van der Waals surface area contributed by atoms with Crippen LogP contribution in [0.2, 0.25) is 5.02 Å². The molecule has 0 aromatic heterocycles. The lowest BCUT2D eigenvalue weighted by molar-refractivity contribution is -0.262.